The highest BCUT2D eigenvalue weighted by Crippen LogP contribution is 2.17. The summed E-state index contributed by atoms with van der Waals surface area (Å²) in [5.74, 6) is 0.163. The Morgan fingerprint density at radius 1 is 1.53 bits per heavy atom. The average Bonchev–Trinajstić information content (AvgIpc) is 2.74. The van der Waals surface area contributed by atoms with Gasteiger partial charge < -0.3 is 15.4 Å². The summed E-state index contributed by atoms with van der Waals surface area (Å²) in [5, 5.41) is 0.579. The number of carbonyl (C=O) groups is 1. The molecule has 0 atom stereocenters. The third-order valence-corrected chi connectivity index (χ3v) is 3.73. The Morgan fingerprint density at radius 3 is 2.89 bits per heavy atom. The van der Waals surface area contributed by atoms with Crippen molar-refractivity contribution < 1.29 is 9.53 Å². The standard InChI is InChI=1S/C11H18N4O2S.ClH/c1-17-5-4-15-3-2-14(8-10(15)16)7-9-6-13-11(12)18-9;/h6H,2-5,7-8H2,1H3,(H2,12,13);1H. The van der Waals surface area contributed by atoms with Crippen LogP contribution in [0.25, 0.3) is 0 Å². The molecule has 1 fully saturated rings. The molecule has 8 heteroatoms. The molecule has 0 aliphatic carbocycles. The third kappa shape index (κ3) is 4.61. The Hall–Kier alpha value is -0.890. The molecule has 6 nitrogen and oxygen atoms in total. The highest BCUT2D eigenvalue weighted by atomic mass is 35.5. The molecular formula is C11H19ClN4O2S. The van der Waals surface area contributed by atoms with Gasteiger partial charge in [-0.05, 0) is 0 Å². The SMILES string of the molecule is COCCN1CCN(Cc2cnc(N)s2)CC1=O.Cl. The minimum absolute atomic E-state index is 0. The number of rotatable bonds is 5. The van der Waals surface area contributed by atoms with Gasteiger partial charge in [0.2, 0.25) is 5.91 Å². The molecule has 108 valence electrons. The number of thiazole rings is 1. The van der Waals surface area contributed by atoms with Gasteiger partial charge in [0.1, 0.15) is 0 Å². The molecule has 19 heavy (non-hydrogen) atoms. The van der Waals surface area contributed by atoms with Gasteiger partial charge in [-0.1, -0.05) is 0 Å². The summed E-state index contributed by atoms with van der Waals surface area (Å²) in [6, 6.07) is 0. The molecule has 1 saturated heterocycles. The van der Waals surface area contributed by atoms with Crippen LogP contribution in [0.3, 0.4) is 0 Å². The normalized spacial score (nSPS) is 16.5. The molecule has 1 aromatic rings. The lowest BCUT2D eigenvalue weighted by Gasteiger charge is -2.33. The highest BCUT2D eigenvalue weighted by molar-refractivity contribution is 7.15. The van der Waals surface area contributed by atoms with Crippen LogP contribution in [0.1, 0.15) is 4.88 Å². The van der Waals surface area contributed by atoms with Crippen LogP contribution in [0.4, 0.5) is 5.13 Å². The van der Waals surface area contributed by atoms with E-state index in [4.69, 9.17) is 10.5 Å². The zero-order chi connectivity index (χ0) is 13.0. The average molecular weight is 307 g/mol. The number of hydrogen-bond acceptors (Lipinski definition) is 6. The Labute approximate surface area is 122 Å². The van der Waals surface area contributed by atoms with Gasteiger partial charge in [-0.2, -0.15) is 0 Å². The van der Waals surface area contributed by atoms with E-state index in [2.05, 4.69) is 9.88 Å². The van der Waals surface area contributed by atoms with Gasteiger partial charge in [0, 0.05) is 44.4 Å². The molecule has 2 N–H and O–H groups in total. The van der Waals surface area contributed by atoms with Crippen molar-refractivity contribution in [2.24, 2.45) is 0 Å². The number of aromatic nitrogens is 1. The summed E-state index contributed by atoms with van der Waals surface area (Å²) >= 11 is 1.48. The van der Waals surface area contributed by atoms with Crippen molar-refractivity contribution in [3.63, 3.8) is 0 Å². The second-order valence-electron chi connectivity index (χ2n) is 4.25. The van der Waals surface area contributed by atoms with Gasteiger partial charge in [-0.25, -0.2) is 4.98 Å². The van der Waals surface area contributed by atoms with Gasteiger partial charge >= 0.3 is 0 Å². The molecule has 1 amide bonds. The van der Waals surface area contributed by atoms with Crippen LogP contribution >= 0.6 is 23.7 Å². The second-order valence-corrected chi connectivity index (χ2v) is 5.40. The first-order chi connectivity index (χ1) is 8.69. The fourth-order valence-corrected chi connectivity index (χ4v) is 2.67. The number of amides is 1. The van der Waals surface area contributed by atoms with Gasteiger partial charge in [0.15, 0.2) is 5.13 Å². The van der Waals surface area contributed by atoms with Crippen LogP contribution in [0.15, 0.2) is 6.20 Å². The van der Waals surface area contributed by atoms with Gasteiger partial charge in [0.05, 0.1) is 13.2 Å². The van der Waals surface area contributed by atoms with E-state index < -0.39 is 0 Å². The largest absolute Gasteiger partial charge is 0.383 e. The third-order valence-electron chi connectivity index (χ3n) is 2.91. The minimum Gasteiger partial charge on any atom is -0.383 e. The maximum Gasteiger partial charge on any atom is 0.236 e. The molecule has 1 aliphatic rings. The van der Waals surface area contributed by atoms with E-state index in [1.165, 1.54) is 11.3 Å². The maximum atomic E-state index is 11.9. The molecule has 2 heterocycles. The number of anilines is 1. The van der Waals surface area contributed by atoms with E-state index in [1.807, 2.05) is 4.90 Å². The lowest BCUT2D eigenvalue weighted by molar-refractivity contribution is -0.136. The predicted octanol–water partition coefficient (Wildman–Crippen LogP) is 0.438. The van der Waals surface area contributed by atoms with Crippen molar-refractivity contribution in [3.05, 3.63) is 11.1 Å². The van der Waals surface area contributed by atoms with E-state index >= 15 is 0 Å². The first-order valence-corrected chi connectivity index (χ1v) is 6.70. The number of methoxy groups -OCH3 is 1. The summed E-state index contributed by atoms with van der Waals surface area (Å²) in [5.41, 5.74) is 5.59. The summed E-state index contributed by atoms with van der Waals surface area (Å²) in [4.78, 5) is 21.0. The van der Waals surface area contributed by atoms with E-state index in [9.17, 15) is 4.79 Å². The van der Waals surface area contributed by atoms with E-state index in [0.717, 1.165) is 24.5 Å². The van der Waals surface area contributed by atoms with Gasteiger partial charge in [-0.15, -0.1) is 23.7 Å². The molecule has 2 rings (SSSR count). The monoisotopic (exact) mass is 306 g/mol. The number of nitrogens with zero attached hydrogens (tertiary/aromatic N) is 3. The molecule has 0 bridgehead atoms. The molecule has 0 spiro atoms. The van der Waals surface area contributed by atoms with Crippen LogP contribution in [0.2, 0.25) is 0 Å². The molecule has 1 aliphatic heterocycles. The summed E-state index contributed by atoms with van der Waals surface area (Å²) in [6.45, 7) is 4.12. The number of carbonyl (C=O) groups excluding carboxylic acids is 1. The first-order valence-electron chi connectivity index (χ1n) is 5.88. The molecular weight excluding hydrogens is 288 g/mol. The first kappa shape index (κ1) is 16.2. The van der Waals surface area contributed by atoms with Crippen LogP contribution in [0, 0.1) is 0 Å². The van der Waals surface area contributed by atoms with Crippen molar-refractivity contribution in [2.75, 3.05) is 45.6 Å². The predicted molar refractivity (Wildman–Crippen MR) is 77.5 cm³/mol. The van der Waals surface area contributed by atoms with Crippen molar-refractivity contribution >= 4 is 34.8 Å². The quantitative estimate of drug-likeness (QED) is 0.854. The van der Waals surface area contributed by atoms with Gasteiger partial charge in [0.25, 0.3) is 0 Å². The number of nitrogen functional groups attached to an aromatic ring is 1. The zero-order valence-corrected chi connectivity index (χ0v) is 12.5. The maximum absolute atomic E-state index is 11.9. The topological polar surface area (TPSA) is 71.7 Å². The second kappa shape index (κ2) is 7.64. The Kier molecular flexibility index (Phi) is 6.50. The minimum atomic E-state index is 0. The highest BCUT2D eigenvalue weighted by Gasteiger charge is 2.23. The Morgan fingerprint density at radius 2 is 2.32 bits per heavy atom. The Bertz CT molecular complexity index is 415. The van der Waals surface area contributed by atoms with Gasteiger partial charge in [-0.3, -0.25) is 9.69 Å². The number of piperazine rings is 1. The summed E-state index contributed by atoms with van der Waals surface area (Å²) in [6.07, 6.45) is 1.78. The van der Waals surface area contributed by atoms with E-state index in [0.29, 0.717) is 24.8 Å². The number of halogens is 1. The smallest absolute Gasteiger partial charge is 0.236 e. The number of ether oxygens (including phenoxy) is 1. The van der Waals surface area contributed by atoms with Crippen LogP contribution in [0.5, 0.6) is 0 Å². The molecule has 0 aromatic carbocycles. The van der Waals surface area contributed by atoms with Crippen LogP contribution in [-0.2, 0) is 16.1 Å². The fourth-order valence-electron chi connectivity index (χ4n) is 1.95. The van der Waals surface area contributed by atoms with E-state index in [-0.39, 0.29) is 18.3 Å². The lowest BCUT2D eigenvalue weighted by Crippen LogP contribution is -2.50. The Balaban J connectivity index is 0.00000180. The number of hydrogen-bond donors (Lipinski definition) is 1. The molecule has 1 aromatic heterocycles. The lowest BCUT2D eigenvalue weighted by atomic mass is 10.3. The summed E-state index contributed by atoms with van der Waals surface area (Å²) < 4.78 is 4.99. The van der Waals surface area contributed by atoms with Crippen LogP contribution < -0.4 is 5.73 Å². The van der Waals surface area contributed by atoms with Crippen molar-refractivity contribution in [1.29, 1.82) is 0 Å². The van der Waals surface area contributed by atoms with Crippen molar-refractivity contribution in [2.45, 2.75) is 6.54 Å². The summed E-state index contributed by atoms with van der Waals surface area (Å²) in [7, 11) is 1.65. The van der Waals surface area contributed by atoms with Crippen LogP contribution in [-0.4, -0.2) is 60.6 Å². The molecule has 0 saturated carbocycles. The molecule has 0 radical (unpaired) electrons. The van der Waals surface area contributed by atoms with Crippen molar-refractivity contribution in [1.82, 2.24) is 14.8 Å². The number of nitrogens with two attached hydrogens (primary N) is 1. The van der Waals surface area contributed by atoms with Crippen molar-refractivity contribution in [3.8, 4) is 0 Å². The molecule has 0 unspecified atom stereocenters. The zero-order valence-electron chi connectivity index (χ0n) is 10.9. The fraction of sp³-hybridized carbons (Fsp3) is 0.636. The van der Waals surface area contributed by atoms with E-state index in [1.54, 1.807) is 13.3 Å².